The average Bonchev–Trinajstić information content (AvgIpc) is 2.83. The SMILES string of the molecule is CCCCCCCc1ccc(C(C)c2ccc(-c3ccc(OCCC)cc3)cc2)nc1. The molecule has 0 aliphatic heterocycles. The molecule has 0 saturated heterocycles. The van der Waals surface area contributed by atoms with Gasteiger partial charge < -0.3 is 4.74 Å². The predicted octanol–water partition coefficient (Wildman–Crippen LogP) is 8.20. The molecule has 0 spiro atoms. The second kappa shape index (κ2) is 12.3. The number of ether oxygens (including phenoxy) is 1. The molecule has 0 aliphatic rings. The number of unbranched alkanes of at least 4 members (excludes halogenated alkanes) is 4. The maximum absolute atomic E-state index is 5.68. The van der Waals surface area contributed by atoms with E-state index >= 15 is 0 Å². The summed E-state index contributed by atoms with van der Waals surface area (Å²) in [5.41, 5.74) is 6.23. The third kappa shape index (κ3) is 6.95. The van der Waals surface area contributed by atoms with E-state index in [-0.39, 0.29) is 5.92 Å². The fourth-order valence-corrected chi connectivity index (χ4v) is 3.87. The van der Waals surface area contributed by atoms with Crippen molar-refractivity contribution in [3.8, 4) is 16.9 Å². The van der Waals surface area contributed by atoms with Crippen LogP contribution in [0.3, 0.4) is 0 Å². The Morgan fingerprint density at radius 2 is 1.42 bits per heavy atom. The summed E-state index contributed by atoms with van der Waals surface area (Å²) < 4.78 is 5.68. The molecule has 0 radical (unpaired) electrons. The molecule has 3 aromatic rings. The van der Waals surface area contributed by atoms with Crippen LogP contribution >= 0.6 is 0 Å². The smallest absolute Gasteiger partial charge is 0.119 e. The van der Waals surface area contributed by atoms with Gasteiger partial charge in [-0.15, -0.1) is 0 Å². The highest BCUT2D eigenvalue weighted by atomic mass is 16.5. The van der Waals surface area contributed by atoms with E-state index in [9.17, 15) is 0 Å². The first-order valence-electron chi connectivity index (χ1n) is 12.0. The molecule has 0 saturated carbocycles. The molecule has 1 unspecified atom stereocenters. The van der Waals surface area contributed by atoms with Gasteiger partial charge in [0.15, 0.2) is 0 Å². The molecular weight excluding hydrogens is 378 g/mol. The summed E-state index contributed by atoms with van der Waals surface area (Å²) in [4.78, 5) is 4.77. The minimum Gasteiger partial charge on any atom is -0.494 e. The molecular formula is C29H37NO. The first kappa shape index (κ1) is 23.1. The average molecular weight is 416 g/mol. The van der Waals surface area contributed by atoms with Gasteiger partial charge in [0.1, 0.15) is 5.75 Å². The van der Waals surface area contributed by atoms with Crippen molar-refractivity contribution in [1.29, 1.82) is 0 Å². The largest absolute Gasteiger partial charge is 0.494 e. The number of hydrogen-bond donors (Lipinski definition) is 0. The quantitative estimate of drug-likeness (QED) is 0.278. The van der Waals surface area contributed by atoms with Gasteiger partial charge in [-0.2, -0.15) is 0 Å². The normalized spacial score (nSPS) is 12.0. The van der Waals surface area contributed by atoms with E-state index in [1.807, 2.05) is 0 Å². The predicted molar refractivity (Wildman–Crippen MR) is 132 cm³/mol. The van der Waals surface area contributed by atoms with Crippen LogP contribution in [0.2, 0.25) is 0 Å². The van der Waals surface area contributed by atoms with E-state index < -0.39 is 0 Å². The van der Waals surface area contributed by atoms with Gasteiger partial charge in [0, 0.05) is 17.8 Å². The van der Waals surface area contributed by atoms with Crippen LogP contribution in [0.25, 0.3) is 11.1 Å². The van der Waals surface area contributed by atoms with E-state index in [1.165, 1.54) is 54.4 Å². The number of rotatable bonds is 12. The lowest BCUT2D eigenvalue weighted by Crippen LogP contribution is -2.00. The van der Waals surface area contributed by atoms with Crippen LogP contribution in [0.5, 0.6) is 5.75 Å². The van der Waals surface area contributed by atoms with E-state index in [0.29, 0.717) is 0 Å². The van der Waals surface area contributed by atoms with Gasteiger partial charge in [-0.25, -0.2) is 0 Å². The fourth-order valence-electron chi connectivity index (χ4n) is 3.87. The number of hydrogen-bond acceptors (Lipinski definition) is 2. The highest BCUT2D eigenvalue weighted by Gasteiger charge is 2.10. The Hall–Kier alpha value is -2.61. The molecule has 31 heavy (non-hydrogen) atoms. The molecule has 1 aromatic heterocycles. The summed E-state index contributed by atoms with van der Waals surface area (Å²) >= 11 is 0. The molecule has 0 aliphatic carbocycles. The topological polar surface area (TPSA) is 22.1 Å². The third-order valence-corrected chi connectivity index (χ3v) is 5.93. The van der Waals surface area contributed by atoms with Gasteiger partial charge >= 0.3 is 0 Å². The zero-order chi connectivity index (χ0) is 21.9. The van der Waals surface area contributed by atoms with Crippen LogP contribution < -0.4 is 4.74 Å². The molecule has 0 fully saturated rings. The minimum atomic E-state index is 0.289. The number of benzene rings is 2. The number of aryl methyl sites for hydroxylation is 1. The molecule has 1 atom stereocenters. The fraction of sp³-hybridized carbons (Fsp3) is 0.414. The summed E-state index contributed by atoms with van der Waals surface area (Å²) in [6, 6.07) is 21.7. The Morgan fingerprint density at radius 3 is 2.03 bits per heavy atom. The van der Waals surface area contributed by atoms with Crippen LogP contribution in [-0.2, 0) is 6.42 Å². The van der Waals surface area contributed by atoms with Crippen molar-refractivity contribution in [2.45, 2.75) is 71.6 Å². The molecule has 0 N–H and O–H groups in total. The minimum absolute atomic E-state index is 0.289. The lowest BCUT2D eigenvalue weighted by Gasteiger charge is -2.13. The summed E-state index contributed by atoms with van der Waals surface area (Å²) in [6.45, 7) is 7.39. The Balaban J connectivity index is 1.57. The summed E-state index contributed by atoms with van der Waals surface area (Å²) in [7, 11) is 0. The van der Waals surface area contributed by atoms with Crippen LogP contribution in [0, 0.1) is 0 Å². The van der Waals surface area contributed by atoms with Gasteiger partial charge in [-0.3, -0.25) is 4.98 Å². The van der Waals surface area contributed by atoms with Crippen molar-refractivity contribution < 1.29 is 4.74 Å². The number of pyridine rings is 1. The summed E-state index contributed by atoms with van der Waals surface area (Å²) in [6.07, 6.45) is 10.8. The van der Waals surface area contributed by atoms with E-state index in [0.717, 1.165) is 30.9 Å². The van der Waals surface area contributed by atoms with E-state index in [4.69, 9.17) is 9.72 Å². The van der Waals surface area contributed by atoms with Crippen molar-refractivity contribution in [1.82, 2.24) is 4.98 Å². The molecule has 0 bridgehead atoms. The standard InChI is InChI=1S/C29H37NO/c1-4-6-7-8-9-10-24-11-20-29(30-22-24)23(3)25-12-14-26(15-13-25)27-16-18-28(19-17-27)31-21-5-2/h11-20,22-23H,4-10,21H2,1-3H3. The molecule has 1 heterocycles. The van der Waals surface area contributed by atoms with Crippen molar-refractivity contribution in [3.63, 3.8) is 0 Å². The second-order valence-electron chi connectivity index (χ2n) is 8.47. The summed E-state index contributed by atoms with van der Waals surface area (Å²) in [5, 5.41) is 0. The molecule has 2 nitrogen and oxygen atoms in total. The van der Waals surface area contributed by atoms with Gasteiger partial charge in [-0.05, 0) is 59.7 Å². The second-order valence-corrected chi connectivity index (χ2v) is 8.47. The first-order valence-corrected chi connectivity index (χ1v) is 12.0. The van der Waals surface area contributed by atoms with Gasteiger partial charge in [0.05, 0.1) is 6.61 Å². The molecule has 2 heteroatoms. The highest BCUT2D eigenvalue weighted by molar-refractivity contribution is 5.64. The maximum atomic E-state index is 5.68. The molecule has 2 aromatic carbocycles. The van der Waals surface area contributed by atoms with Crippen LogP contribution in [0.4, 0.5) is 0 Å². The van der Waals surface area contributed by atoms with E-state index in [2.05, 4.69) is 87.6 Å². The van der Waals surface area contributed by atoms with Gasteiger partial charge in [0.25, 0.3) is 0 Å². The van der Waals surface area contributed by atoms with Crippen LogP contribution in [0.15, 0.2) is 66.9 Å². The van der Waals surface area contributed by atoms with Crippen molar-refractivity contribution in [2.24, 2.45) is 0 Å². The summed E-state index contributed by atoms with van der Waals surface area (Å²) in [5.74, 6) is 1.23. The van der Waals surface area contributed by atoms with Crippen molar-refractivity contribution >= 4 is 0 Å². The van der Waals surface area contributed by atoms with Gasteiger partial charge in [-0.1, -0.05) is 88.9 Å². The lowest BCUT2D eigenvalue weighted by molar-refractivity contribution is 0.317. The maximum Gasteiger partial charge on any atom is 0.119 e. The Labute approximate surface area is 188 Å². The Kier molecular flexibility index (Phi) is 9.15. The van der Waals surface area contributed by atoms with Crippen LogP contribution in [-0.4, -0.2) is 11.6 Å². The zero-order valence-corrected chi connectivity index (χ0v) is 19.4. The van der Waals surface area contributed by atoms with Crippen molar-refractivity contribution in [2.75, 3.05) is 6.61 Å². The number of aromatic nitrogens is 1. The molecule has 3 rings (SSSR count). The van der Waals surface area contributed by atoms with Gasteiger partial charge in [0.2, 0.25) is 0 Å². The monoisotopic (exact) mass is 415 g/mol. The van der Waals surface area contributed by atoms with Crippen LogP contribution in [0.1, 0.15) is 82.0 Å². The van der Waals surface area contributed by atoms with E-state index in [1.54, 1.807) is 0 Å². The number of nitrogens with zero attached hydrogens (tertiary/aromatic N) is 1. The lowest BCUT2D eigenvalue weighted by atomic mass is 9.94. The first-order chi connectivity index (χ1) is 15.2. The molecule has 164 valence electrons. The molecule has 0 amide bonds. The van der Waals surface area contributed by atoms with Crippen molar-refractivity contribution in [3.05, 3.63) is 83.7 Å². The third-order valence-electron chi connectivity index (χ3n) is 5.93. The Bertz CT molecular complexity index is 882. The zero-order valence-electron chi connectivity index (χ0n) is 19.4. The Morgan fingerprint density at radius 1 is 0.742 bits per heavy atom. The highest BCUT2D eigenvalue weighted by Crippen LogP contribution is 2.27.